The zero-order valence-corrected chi connectivity index (χ0v) is 14.7. The molecule has 1 aromatic rings. The highest BCUT2D eigenvalue weighted by molar-refractivity contribution is 7.99. The average molecular weight is 359 g/mol. The topological polar surface area (TPSA) is 78.7 Å². The minimum Gasteiger partial charge on any atom is -0.322 e. The van der Waals surface area contributed by atoms with Crippen LogP contribution in [0.3, 0.4) is 0 Å². The molecule has 0 aromatic heterocycles. The Morgan fingerprint density at radius 1 is 1.48 bits per heavy atom. The smallest absolute Gasteiger partial charge is 0.321 e. The summed E-state index contributed by atoms with van der Waals surface area (Å²) in [7, 11) is 4.00. The van der Waals surface area contributed by atoms with Crippen molar-refractivity contribution in [2.75, 3.05) is 38.8 Å². The predicted octanol–water partition coefficient (Wildman–Crippen LogP) is 2.76. The van der Waals surface area contributed by atoms with E-state index in [0.717, 1.165) is 0 Å². The summed E-state index contributed by atoms with van der Waals surface area (Å²) >= 11 is 7.75. The molecule has 2 atom stereocenters. The van der Waals surface area contributed by atoms with Crippen LogP contribution in [0.1, 0.15) is 0 Å². The van der Waals surface area contributed by atoms with E-state index in [4.69, 9.17) is 11.6 Å². The molecule has 0 spiro atoms. The van der Waals surface area contributed by atoms with E-state index in [0.29, 0.717) is 30.1 Å². The Balaban J connectivity index is 2.07. The number of likely N-dealkylation sites (tertiary alicyclic amines) is 1. The summed E-state index contributed by atoms with van der Waals surface area (Å²) in [5.74, 6) is 0. The lowest BCUT2D eigenvalue weighted by atomic mass is 10.2. The second-order valence-electron chi connectivity index (χ2n) is 5.56. The van der Waals surface area contributed by atoms with Gasteiger partial charge in [-0.25, -0.2) is 4.79 Å². The standard InChI is InChI=1S/C14H19ClN4O3S/c1-17(2)12-7-18(8-13(12)23-3)14(20)16-11-5-4-9(19(21)22)6-10(11)15/h4-6,12-13H,7-8H2,1-3H3,(H,16,20)/t12-,13-/m0/s1. The summed E-state index contributed by atoms with van der Waals surface area (Å²) in [6, 6.07) is 4.05. The number of carbonyl (C=O) groups is 1. The Kier molecular flexibility index (Phi) is 5.72. The van der Waals surface area contributed by atoms with E-state index >= 15 is 0 Å². The number of amides is 2. The summed E-state index contributed by atoms with van der Waals surface area (Å²) < 4.78 is 0. The molecular formula is C14H19ClN4O3S. The van der Waals surface area contributed by atoms with E-state index in [2.05, 4.69) is 10.2 Å². The molecule has 1 aliphatic rings. The van der Waals surface area contributed by atoms with Crippen LogP contribution in [-0.2, 0) is 0 Å². The summed E-state index contributed by atoms with van der Waals surface area (Å²) in [6.45, 7) is 1.29. The summed E-state index contributed by atoms with van der Waals surface area (Å²) in [5, 5.41) is 13.9. The van der Waals surface area contributed by atoms with Crippen LogP contribution in [-0.4, -0.2) is 65.5 Å². The Labute approximate surface area is 144 Å². The molecule has 23 heavy (non-hydrogen) atoms. The molecule has 1 N–H and O–H groups in total. The molecule has 0 aliphatic carbocycles. The predicted molar refractivity (Wildman–Crippen MR) is 93.5 cm³/mol. The number of halogens is 1. The number of carbonyl (C=O) groups excluding carboxylic acids is 1. The lowest BCUT2D eigenvalue weighted by molar-refractivity contribution is -0.384. The second kappa shape index (κ2) is 7.37. The van der Waals surface area contributed by atoms with Gasteiger partial charge in [0.25, 0.3) is 5.69 Å². The molecule has 2 amide bonds. The van der Waals surface area contributed by atoms with E-state index in [1.165, 1.54) is 18.2 Å². The van der Waals surface area contributed by atoms with Crippen molar-refractivity contribution in [1.29, 1.82) is 0 Å². The molecule has 1 saturated heterocycles. The van der Waals surface area contributed by atoms with Gasteiger partial charge in [0.2, 0.25) is 0 Å². The van der Waals surface area contributed by atoms with Crippen molar-refractivity contribution in [2.24, 2.45) is 0 Å². The molecule has 0 unspecified atom stereocenters. The third-order valence-electron chi connectivity index (χ3n) is 3.90. The van der Waals surface area contributed by atoms with Gasteiger partial charge < -0.3 is 15.1 Å². The van der Waals surface area contributed by atoms with Gasteiger partial charge in [-0.1, -0.05) is 11.6 Å². The Hall–Kier alpha value is -1.51. The van der Waals surface area contributed by atoms with Crippen molar-refractivity contribution in [3.63, 3.8) is 0 Å². The molecule has 1 fully saturated rings. The number of thioether (sulfide) groups is 1. The van der Waals surface area contributed by atoms with Crippen LogP contribution in [0, 0.1) is 10.1 Å². The fourth-order valence-electron chi connectivity index (χ4n) is 2.56. The van der Waals surface area contributed by atoms with Crippen LogP contribution in [0.4, 0.5) is 16.2 Å². The number of hydrogen-bond donors (Lipinski definition) is 1. The minimum absolute atomic E-state index is 0.107. The van der Waals surface area contributed by atoms with Gasteiger partial charge in [-0.15, -0.1) is 0 Å². The molecule has 7 nitrogen and oxygen atoms in total. The highest BCUT2D eigenvalue weighted by Gasteiger charge is 2.36. The first kappa shape index (κ1) is 17.8. The monoisotopic (exact) mass is 358 g/mol. The van der Waals surface area contributed by atoms with Crippen LogP contribution in [0.25, 0.3) is 0 Å². The highest BCUT2D eigenvalue weighted by atomic mass is 35.5. The summed E-state index contributed by atoms with van der Waals surface area (Å²) in [6.07, 6.45) is 2.04. The first-order valence-corrected chi connectivity index (χ1v) is 8.69. The van der Waals surface area contributed by atoms with Gasteiger partial charge in [0.05, 0.1) is 15.6 Å². The molecule has 1 heterocycles. The molecule has 9 heteroatoms. The van der Waals surface area contributed by atoms with Gasteiger partial charge in [0.1, 0.15) is 0 Å². The number of likely N-dealkylation sites (N-methyl/N-ethyl adjacent to an activating group) is 1. The molecule has 0 saturated carbocycles. The number of urea groups is 1. The molecular weight excluding hydrogens is 340 g/mol. The van der Waals surface area contributed by atoms with Gasteiger partial charge in [-0.05, 0) is 26.4 Å². The molecule has 0 radical (unpaired) electrons. The van der Waals surface area contributed by atoms with Crippen LogP contribution >= 0.6 is 23.4 Å². The molecule has 1 aromatic carbocycles. The number of benzene rings is 1. The third-order valence-corrected chi connectivity index (χ3v) is 5.28. The van der Waals surface area contributed by atoms with E-state index in [1.807, 2.05) is 20.4 Å². The summed E-state index contributed by atoms with van der Waals surface area (Å²) in [4.78, 5) is 26.5. The number of nitrogens with one attached hydrogen (secondary N) is 1. The van der Waals surface area contributed by atoms with E-state index in [9.17, 15) is 14.9 Å². The number of nitro benzene ring substituents is 1. The van der Waals surface area contributed by atoms with Crippen molar-refractivity contribution in [2.45, 2.75) is 11.3 Å². The lowest BCUT2D eigenvalue weighted by Crippen LogP contribution is -2.38. The van der Waals surface area contributed by atoms with Gasteiger partial charge in [-0.3, -0.25) is 10.1 Å². The molecule has 0 bridgehead atoms. The van der Waals surface area contributed by atoms with Crippen LogP contribution in [0.15, 0.2) is 18.2 Å². The molecule has 2 rings (SSSR count). The fourth-order valence-corrected chi connectivity index (χ4v) is 3.76. The van der Waals surface area contributed by atoms with Gasteiger partial charge in [-0.2, -0.15) is 11.8 Å². The van der Waals surface area contributed by atoms with Gasteiger partial charge in [0.15, 0.2) is 0 Å². The Bertz CT molecular complexity index is 614. The van der Waals surface area contributed by atoms with Crippen molar-refractivity contribution >= 4 is 40.8 Å². The number of nitro groups is 1. The largest absolute Gasteiger partial charge is 0.322 e. The minimum atomic E-state index is -0.525. The van der Waals surface area contributed by atoms with Crippen molar-refractivity contribution in [1.82, 2.24) is 9.80 Å². The van der Waals surface area contributed by atoms with E-state index in [1.54, 1.807) is 16.7 Å². The third kappa shape index (κ3) is 4.07. The maximum absolute atomic E-state index is 12.4. The molecule has 1 aliphatic heterocycles. The van der Waals surface area contributed by atoms with Crippen LogP contribution in [0.5, 0.6) is 0 Å². The average Bonchev–Trinajstić information content (AvgIpc) is 2.93. The summed E-state index contributed by atoms with van der Waals surface area (Å²) in [5.41, 5.74) is 0.264. The zero-order chi connectivity index (χ0) is 17.1. The quantitative estimate of drug-likeness (QED) is 0.661. The zero-order valence-electron chi connectivity index (χ0n) is 13.2. The highest BCUT2D eigenvalue weighted by Crippen LogP contribution is 2.28. The van der Waals surface area contributed by atoms with E-state index in [-0.39, 0.29) is 16.7 Å². The number of anilines is 1. The van der Waals surface area contributed by atoms with Crippen LogP contribution in [0.2, 0.25) is 5.02 Å². The van der Waals surface area contributed by atoms with Crippen molar-refractivity contribution < 1.29 is 9.72 Å². The number of nitrogens with zero attached hydrogens (tertiary/aromatic N) is 3. The second-order valence-corrected chi connectivity index (χ2v) is 7.05. The lowest BCUT2D eigenvalue weighted by Gasteiger charge is -2.23. The number of non-ortho nitro benzene ring substituents is 1. The van der Waals surface area contributed by atoms with Crippen molar-refractivity contribution in [3.05, 3.63) is 33.3 Å². The van der Waals surface area contributed by atoms with E-state index < -0.39 is 4.92 Å². The number of hydrogen-bond acceptors (Lipinski definition) is 5. The maximum Gasteiger partial charge on any atom is 0.321 e. The van der Waals surface area contributed by atoms with Crippen molar-refractivity contribution in [3.8, 4) is 0 Å². The fraction of sp³-hybridized carbons (Fsp3) is 0.500. The Morgan fingerprint density at radius 3 is 2.65 bits per heavy atom. The van der Waals surface area contributed by atoms with Gasteiger partial charge >= 0.3 is 6.03 Å². The maximum atomic E-state index is 12.4. The van der Waals surface area contributed by atoms with Gasteiger partial charge in [0, 0.05) is 36.5 Å². The number of rotatable bonds is 4. The Morgan fingerprint density at radius 2 is 2.17 bits per heavy atom. The first-order valence-electron chi connectivity index (χ1n) is 7.02. The van der Waals surface area contributed by atoms with Crippen LogP contribution < -0.4 is 5.32 Å². The molecule has 126 valence electrons. The SMILES string of the molecule is CS[C@H]1CN(C(=O)Nc2ccc([N+](=O)[O-])cc2Cl)C[C@@H]1N(C)C. The first-order chi connectivity index (χ1) is 10.8. The normalized spacial score (nSPS) is 20.8.